The average Bonchev–Trinajstić information content (AvgIpc) is 2.64. The van der Waals surface area contributed by atoms with Crippen molar-refractivity contribution in [3.8, 4) is 0 Å². The lowest BCUT2D eigenvalue weighted by Crippen LogP contribution is -2.20. The minimum Gasteiger partial charge on any atom is -0.452 e. The monoisotopic (exact) mass is 391 g/mol. The number of carbonyl (C=O) groups is 2. The molecule has 7 heteroatoms. The maximum Gasteiger partial charge on any atom is 0.416 e. The van der Waals surface area contributed by atoms with Crippen molar-refractivity contribution in [2.24, 2.45) is 0 Å². The van der Waals surface area contributed by atoms with E-state index in [9.17, 15) is 22.8 Å². The van der Waals surface area contributed by atoms with Crippen molar-refractivity contribution in [1.82, 2.24) is 0 Å². The van der Waals surface area contributed by atoms with Crippen molar-refractivity contribution < 1.29 is 27.5 Å². The summed E-state index contributed by atoms with van der Waals surface area (Å²) in [5, 5.41) is 2.36. The van der Waals surface area contributed by atoms with Gasteiger partial charge < -0.3 is 10.1 Å². The summed E-state index contributed by atoms with van der Waals surface area (Å²) in [5.41, 5.74) is 1.36. The molecule has 0 bridgehead atoms. The van der Waals surface area contributed by atoms with Crippen molar-refractivity contribution in [1.29, 1.82) is 0 Å². The second-order valence-electron chi connectivity index (χ2n) is 6.39. The van der Waals surface area contributed by atoms with Gasteiger partial charge in [0.25, 0.3) is 5.91 Å². The standard InChI is InChI=1S/C21H20F3NO3/c1-14(2)16-6-3-15(4-7-16)5-12-20(27)28-13-19(26)25-18-10-8-17(9-11-18)21(22,23)24/h3-12,14H,13H2,1-2H3,(H,25,26)/b12-5+. The predicted molar refractivity (Wildman–Crippen MR) is 101 cm³/mol. The Kier molecular flexibility index (Phi) is 6.98. The maximum absolute atomic E-state index is 12.5. The number of benzene rings is 2. The number of anilines is 1. The highest BCUT2D eigenvalue weighted by atomic mass is 19.4. The van der Waals surface area contributed by atoms with E-state index in [1.165, 1.54) is 11.6 Å². The molecule has 2 aromatic rings. The van der Waals surface area contributed by atoms with E-state index < -0.39 is 30.2 Å². The summed E-state index contributed by atoms with van der Waals surface area (Å²) in [5.74, 6) is -0.940. The van der Waals surface area contributed by atoms with Gasteiger partial charge in [0, 0.05) is 11.8 Å². The van der Waals surface area contributed by atoms with Crippen LogP contribution in [0.4, 0.5) is 18.9 Å². The molecule has 0 aromatic heterocycles. The van der Waals surface area contributed by atoms with Gasteiger partial charge in [-0.15, -0.1) is 0 Å². The van der Waals surface area contributed by atoms with Crippen LogP contribution >= 0.6 is 0 Å². The maximum atomic E-state index is 12.5. The predicted octanol–water partition coefficient (Wildman–Crippen LogP) is 5.02. The summed E-state index contributed by atoms with van der Waals surface area (Å²) in [7, 11) is 0. The lowest BCUT2D eigenvalue weighted by molar-refractivity contribution is -0.142. The number of hydrogen-bond donors (Lipinski definition) is 1. The average molecular weight is 391 g/mol. The van der Waals surface area contributed by atoms with Crippen molar-refractivity contribution in [2.45, 2.75) is 25.9 Å². The number of ether oxygens (including phenoxy) is 1. The number of amides is 1. The van der Waals surface area contributed by atoms with Crippen molar-refractivity contribution in [3.63, 3.8) is 0 Å². The zero-order valence-corrected chi connectivity index (χ0v) is 15.4. The lowest BCUT2D eigenvalue weighted by Gasteiger charge is -2.08. The molecule has 0 spiro atoms. The number of halogens is 3. The fourth-order valence-electron chi connectivity index (χ4n) is 2.28. The molecular formula is C21H20F3NO3. The van der Waals surface area contributed by atoms with E-state index in [-0.39, 0.29) is 5.69 Å². The molecule has 0 heterocycles. The Morgan fingerprint density at radius 3 is 2.18 bits per heavy atom. The van der Waals surface area contributed by atoms with Crippen molar-refractivity contribution >= 4 is 23.6 Å². The van der Waals surface area contributed by atoms with Crippen LogP contribution in [0.1, 0.15) is 36.5 Å². The Balaban J connectivity index is 1.81. The molecule has 0 radical (unpaired) electrons. The van der Waals surface area contributed by atoms with Crippen LogP contribution in [-0.4, -0.2) is 18.5 Å². The van der Waals surface area contributed by atoms with Gasteiger partial charge in [0.15, 0.2) is 6.61 Å². The molecule has 0 aliphatic carbocycles. The summed E-state index contributed by atoms with van der Waals surface area (Å²) >= 11 is 0. The lowest BCUT2D eigenvalue weighted by atomic mass is 10.0. The highest BCUT2D eigenvalue weighted by molar-refractivity contribution is 5.94. The Labute approximate surface area is 161 Å². The van der Waals surface area contributed by atoms with Crippen LogP contribution in [0.3, 0.4) is 0 Å². The number of esters is 1. The summed E-state index contributed by atoms with van der Waals surface area (Å²) in [6.45, 7) is 3.62. The fourth-order valence-corrected chi connectivity index (χ4v) is 2.28. The number of nitrogens with one attached hydrogen (secondary N) is 1. The van der Waals surface area contributed by atoms with Crippen LogP contribution in [0.25, 0.3) is 6.08 Å². The van der Waals surface area contributed by atoms with Crippen molar-refractivity contribution in [2.75, 3.05) is 11.9 Å². The third-order valence-corrected chi connectivity index (χ3v) is 3.86. The Morgan fingerprint density at radius 1 is 1.04 bits per heavy atom. The number of carbonyl (C=O) groups excluding carboxylic acids is 2. The van der Waals surface area contributed by atoms with Gasteiger partial charge in [0.2, 0.25) is 0 Å². The molecule has 148 valence electrons. The van der Waals surface area contributed by atoms with Gasteiger partial charge in [-0.2, -0.15) is 13.2 Å². The fraction of sp³-hybridized carbons (Fsp3) is 0.238. The molecule has 0 aliphatic heterocycles. The Hall–Kier alpha value is -3.09. The zero-order chi connectivity index (χ0) is 20.7. The third kappa shape index (κ3) is 6.57. The first-order valence-corrected chi connectivity index (χ1v) is 8.57. The molecule has 0 saturated carbocycles. The van der Waals surface area contributed by atoms with Gasteiger partial charge in [-0.25, -0.2) is 4.79 Å². The molecule has 0 unspecified atom stereocenters. The first kappa shape index (κ1) is 21.2. The second kappa shape index (κ2) is 9.21. The highest BCUT2D eigenvalue weighted by Gasteiger charge is 2.29. The SMILES string of the molecule is CC(C)c1ccc(/C=C/C(=O)OCC(=O)Nc2ccc(C(F)(F)F)cc2)cc1. The van der Waals surface area contributed by atoms with Crippen LogP contribution in [0, 0.1) is 0 Å². The molecule has 2 aromatic carbocycles. The third-order valence-electron chi connectivity index (χ3n) is 3.86. The normalized spacial score (nSPS) is 11.6. The highest BCUT2D eigenvalue weighted by Crippen LogP contribution is 2.29. The van der Waals surface area contributed by atoms with E-state index in [0.717, 1.165) is 29.8 Å². The first-order chi connectivity index (χ1) is 13.1. The van der Waals surface area contributed by atoms with Gasteiger partial charge in [0.05, 0.1) is 5.56 Å². The summed E-state index contributed by atoms with van der Waals surface area (Å²) in [6.07, 6.45) is -1.67. The Bertz CT molecular complexity index is 839. The molecule has 2 rings (SSSR count). The first-order valence-electron chi connectivity index (χ1n) is 8.57. The topological polar surface area (TPSA) is 55.4 Å². The second-order valence-corrected chi connectivity index (χ2v) is 6.39. The molecule has 0 atom stereocenters. The van der Waals surface area contributed by atoms with Gasteiger partial charge in [0.1, 0.15) is 0 Å². The smallest absolute Gasteiger partial charge is 0.416 e. The van der Waals surface area contributed by atoms with Crippen molar-refractivity contribution in [3.05, 3.63) is 71.3 Å². The molecule has 1 amide bonds. The van der Waals surface area contributed by atoms with E-state index in [2.05, 4.69) is 19.2 Å². The molecule has 0 fully saturated rings. The number of rotatable bonds is 6. The van der Waals surface area contributed by atoms with Gasteiger partial charge in [-0.05, 0) is 47.4 Å². The summed E-state index contributed by atoms with van der Waals surface area (Å²) < 4.78 is 42.3. The van der Waals surface area contributed by atoms with E-state index in [4.69, 9.17) is 4.74 Å². The van der Waals surface area contributed by atoms with E-state index in [1.807, 2.05) is 24.3 Å². The quantitative estimate of drug-likeness (QED) is 0.555. The molecule has 0 saturated heterocycles. The molecular weight excluding hydrogens is 371 g/mol. The van der Waals surface area contributed by atoms with Gasteiger partial charge in [-0.1, -0.05) is 38.1 Å². The van der Waals surface area contributed by atoms with Crippen LogP contribution in [0.2, 0.25) is 0 Å². The minimum atomic E-state index is -4.44. The molecule has 4 nitrogen and oxygen atoms in total. The van der Waals surface area contributed by atoms with E-state index in [1.54, 1.807) is 6.08 Å². The van der Waals surface area contributed by atoms with Gasteiger partial charge in [-0.3, -0.25) is 4.79 Å². The number of hydrogen-bond acceptors (Lipinski definition) is 3. The van der Waals surface area contributed by atoms with Crippen LogP contribution < -0.4 is 5.32 Å². The summed E-state index contributed by atoms with van der Waals surface area (Å²) in [4.78, 5) is 23.4. The van der Waals surface area contributed by atoms with Crippen LogP contribution in [0.15, 0.2) is 54.6 Å². The number of alkyl halides is 3. The van der Waals surface area contributed by atoms with E-state index >= 15 is 0 Å². The van der Waals surface area contributed by atoms with E-state index in [0.29, 0.717) is 5.92 Å². The van der Waals surface area contributed by atoms with Crippen LogP contribution in [0.5, 0.6) is 0 Å². The Morgan fingerprint density at radius 2 is 1.64 bits per heavy atom. The van der Waals surface area contributed by atoms with Crippen LogP contribution in [-0.2, 0) is 20.5 Å². The molecule has 0 aliphatic rings. The minimum absolute atomic E-state index is 0.176. The zero-order valence-electron chi connectivity index (χ0n) is 15.4. The molecule has 28 heavy (non-hydrogen) atoms. The summed E-state index contributed by atoms with van der Waals surface area (Å²) in [6, 6.07) is 11.6. The molecule has 1 N–H and O–H groups in total. The largest absolute Gasteiger partial charge is 0.452 e. The van der Waals surface area contributed by atoms with Gasteiger partial charge >= 0.3 is 12.1 Å².